The average molecular weight is 258 g/mol. The molecule has 0 atom stereocenters. The zero-order chi connectivity index (χ0) is 9.00. The predicted molar refractivity (Wildman–Crippen MR) is 31.0 cm³/mol. The number of hydrogen-bond acceptors (Lipinski definition) is 2. The fraction of sp³-hybridized carbons (Fsp3) is 0. The van der Waals surface area contributed by atoms with Gasteiger partial charge in [0.15, 0.2) is 0 Å². The van der Waals surface area contributed by atoms with Crippen molar-refractivity contribution in [2.75, 3.05) is 0 Å². The molecule has 0 fully saturated rings. The Kier molecular flexibility index (Phi) is 9.33. The summed E-state index contributed by atoms with van der Waals surface area (Å²) in [5, 5.41) is 0. The van der Waals surface area contributed by atoms with Crippen molar-refractivity contribution in [2.45, 2.75) is 0 Å². The zero-order valence-corrected chi connectivity index (χ0v) is 7.67. The molecule has 0 saturated carbocycles. The summed E-state index contributed by atoms with van der Waals surface area (Å²) in [4.78, 5) is 21.6. The molecule has 0 amide bonds. The van der Waals surface area contributed by atoms with Gasteiger partial charge in [0.05, 0.1) is 0 Å². The summed E-state index contributed by atoms with van der Waals surface area (Å²) in [5.41, 5.74) is 0. The van der Waals surface area contributed by atoms with Crippen LogP contribution in [-0.4, -0.2) is 47.0 Å². The molecule has 0 aromatic rings. The molecule has 0 aliphatic rings. The van der Waals surface area contributed by atoms with E-state index in [-0.39, 0.29) is 5.48 Å². The second-order valence-electron chi connectivity index (χ2n) is 1.03. The first-order chi connectivity index (χ1) is 4.00. The second kappa shape index (κ2) is 5.90. The molecule has 0 aromatic heterocycles. The van der Waals surface area contributed by atoms with Crippen LogP contribution in [-0.2, 0) is 8.30 Å². The molecule has 0 rings (SSSR count). The van der Waals surface area contributed by atoms with Gasteiger partial charge in [-0.1, -0.05) is 0 Å². The molecule has 0 aromatic carbocycles. The van der Waals surface area contributed by atoms with Crippen molar-refractivity contribution in [3.8, 4) is 0 Å². The maximum atomic E-state index is 8.94. The summed E-state index contributed by atoms with van der Waals surface area (Å²) in [6.07, 6.45) is 0. The zero-order valence-electron chi connectivity index (χ0n) is 4.89. The van der Waals surface area contributed by atoms with Gasteiger partial charge in [0.2, 0.25) is 0 Å². The van der Waals surface area contributed by atoms with Crippen LogP contribution in [0, 0.1) is 0 Å². The molecule has 8 N–H and O–H groups in total. The van der Waals surface area contributed by atoms with Crippen molar-refractivity contribution in [1.29, 1.82) is 0 Å². The first-order valence-electron chi connectivity index (χ1n) is 1.57. The van der Waals surface area contributed by atoms with Gasteiger partial charge in [-0.25, -0.2) is 4.57 Å². The molecular formula is H8AsO9P. The molecule has 72 valence electrons. The van der Waals surface area contributed by atoms with Crippen LogP contribution in [0.25, 0.3) is 0 Å². The molecule has 0 spiro atoms. The van der Waals surface area contributed by atoms with Gasteiger partial charge >= 0.3 is 38.4 Å². The molecule has 0 bridgehead atoms. The second-order valence-corrected chi connectivity index (χ2v) is 4.21. The van der Waals surface area contributed by atoms with Crippen LogP contribution in [0.15, 0.2) is 0 Å². The Balaban J connectivity index is -0.000000107. The van der Waals surface area contributed by atoms with Crippen LogP contribution in [0.2, 0.25) is 0 Å². The van der Waals surface area contributed by atoms with E-state index < -0.39 is 22.3 Å². The molecule has 0 aliphatic heterocycles. The van der Waals surface area contributed by atoms with E-state index in [0.29, 0.717) is 0 Å². The van der Waals surface area contributed by atoms with E-state index in [1.54, 1.807) is 0 Å². The van der Waals surface area contributed by atoms with Crippen LogP contribution in [0.3, 0.4) is 0 Å². The van der Waals surface area contributed by atoms with E-state index in [2.05, 4.69) is 0 Å². The third kappa shape index (κ3) is 7480. The Hall–Kier alpha value is 0.308. The maximum absolute atomic E-state index is 8.94. The molecule has 0 saturated heterocycles. The van der Waals surface area contributed by atoms with Gasteiger partial charge < -0.3 is 20.2 Å². The van der Waals surface area contributed by atoms with Gasteiger partial charge in [-0.05, 0) is 0 Å². The molecule has 0 radical (unpaired) electrons. The van der Waals surface area contributed by atoms with Gasteiger partial charge in [-0.3, -0.25) is 0 Å². The van der Waals surface area contributed by atoms with Gasteiger partial charge in [0, 0.05) is 0 Å². The number of phosphoric acid groups is 1. The fourth-order valence-corrected chi connectivity index (χ4v) is 0. The molecule has 11 heavy (non-hydrogen) atoms. The number of hydrogen-bond donors (Lipinski definition) is 6. The molecular weight excluding hydrogens is 250 g/mol. The molecule has 0 aliphatic carbocycles. The van der Waals surface area contributed by atoms with Crippen LogP contribution in [0.5, 0.6) is 0 Å². The van der Waals surface area contributed by atoms with Gasteiger partial charge in [-0.2, -0.15) is 0 Å². The van der Waals surface area contributed by atoms with E-state index in [1.165, 1.54) is 0 Å². The minimum atomic E-state index is -5.12. The first-order valence-corrected chi connectivity index (χ1v) is 6.41. The Morgan fingerprint density at radius 3 is 1.00 bits per heavy atom. The molecule has 0 heterocycles. The van der Waals surface area contributed by atoms with E-state index >= 15 is 0 Å². The standard InChI is InChI=1S/AsH3O4.H3O4P.H2O/c2-1(3,4)5;1-5(2,3)4;/h(H3,2,3,4,5);(H3,1,2,3,4);1H2. The molecule has 0 unspecified atom stereocenters. The van der Waals surface area contributed by atoms with E-state index in [9.17, 15) is 0 Å². The van der Waals surface area contributed by atoms with Crippen LogP contribution < -0.4 is 0 Å². The third-order valence-corrected chi connectivity index (χ3v) is 0. The van der Waals surface area contributed by atoms with Crippen molar-refractivity contribution in [2.24, 2.45) is 0 Å². The third-order valence-electron chi connectivity index (χ3n) is 0. The molecule has 9 nitrogen and oxygen atoms in total. The number of rotatable bonds is 0. The normalized spacial score (nSPS) is 10.7. The summed E-state index contributed by atoms with van der Waals surface area (Å²) in [5.74, 6) is 0. The van der Waals surface area contributed by atoms with Crippen LogP contribution >= 0.6 is 7.82 Å². The minimum absolute atomic E-state index is 0. The van der Waals surface area contributed by atoms with Crippen LogP contribution in [0.1, 0.15) is 0 Å². The fourth-order valence-electron chi connectivity index (χ4n) is 0. The average Bonchev–Trinajstić information content (AvgIpc) is 1.12. The Morgan fingerprint density at radius 2 is 1.00 bits per heavy atom. The topological polar surface area (TPSA) is 187 Å². The SMILES string of the molecule is O.O=P(O)(O)O.O=[As](O)(O)O. The van der Waals surface area contributed by atoms with Crippen molar-refractivity contribution >= 4 is 22.3 Å². The summed E-state index contributed by atoms with van der Waals surface area (Å²) in [6.45, 7) is 0. The van der Waals surface area contributed by atoms with Crippen molar-refractivity contribution < 1.29 is 40.7 Å². The van der Waals surface area contributed by atoms with E-state index in [1.807, 2.05) is 0 Å². The molecule has 11 heteroatoms. The van der Waals surface area contributed by atoms with Crippen molar-refractivity contribution in [3.05, 3.63) is 0 Å². The first kappa shape index (κ1) is 17.4. The van der Waals surface area contributed by atoms with E-state index in [4.69, 9.17) is 35.3 Å². The van der Waals surface area contributed by atoms with Crippen LogP contribution in [0.4, 0.5) is 0 Å². The Bertz CT molecular complexity index is 122. The summed E-state index contributed by atoms with van der Waals surface area (Å²) >= 11 is -5.12. The summed E-state index contributed by atoms with van der Waals surface area (Å²) in [6, 6.07) is 0. The Labute approximate surface area is 63.8 Å². The summed E-state index contributed by atoms with van der Waals surface area (Å²) in [7, 11) is -4.64. The van der Waals surface area contributed by atoms with Crippen molar-refractivity contribution in [3.63, 3.8) is 0 Å². The van der Waals surface area contributed by atoms with E-state index in [0.717, 1.165) is 0 Å². The quantitative estimate of drug-likeness (QED) is 0.187. The monoisotopic (exact) mass is 258 g/mol. The predicted octanol–water partition coefficient (Wildman–Crippen LogP) is -3.92. The van der Waals surface area contributed by atoms with Crippen molar-refractivity contribution in [1.82, 2.24) is 0 Å². The Morgan fingerprint density at radius 1 is 1.00 bits per heavy atom. The van der Waals surface area contributed by atoms with Gasteiger partial charge in [0.25, 0.3) is 0 Å². The van der Waals surface area contributed by atoms with Gasteiger partial charge in [0.1, 0.15) is 0 Å². The van der Waals surface area contributed by atoms with Gasteiger partial charge in [-0.15, -0.1) is 0 Å². The summed E-state index contributed by atoms with van der Waals surface area (Å²) < 4.78 is 39.6.